The Morgan fingerprint density at radius 3 is 2.36 bits per heavy atom. The summed E-state index contributed by atoms with van der Waals surface area (Å²) in [5.74, 6) is 0. The van der Waals surface area contributed by atoms with E-state index in [1.165, 1.54) is 0 Å². The molecule has 62 valence electrons. The largest absolute Gasteiger partial charge is 0.346 e. The van der Waals surface area contributed by atoms with Crippen LogP contribution in [-0.4, -0.2) is 10.2 Å². The van der Waals surface area contributed by atoms with Crippen molar-refractivity contribution in [3.05, 3.63) is 16.4 Å². The highest BCUT2D eigenvalue weighted by Crippen LogP contribution is 2.37. The second kappa shape index (κ2) is 2.71. The molecule has 0 saturated heterocycles. The monoisotopic (exact) mass is 244 g/mol. The van der Waals surface area contributed by atoms with Crippen LogP contribution in [-0.2, 0) is 4.83 Å². The molecule has 0 bridgehead atoms. The zero-order chi connectivity index (χ0) is 8.65. The van der Waals surface area contributed by atoms with Crippen molar-refractivity contribution in [2.45, 2.75) is 11.8 Å². The lowest BCUT2D eigenvalue weighted by Crippen LogP contribution is -2.03. The number of nitrogens with one attached hydrogen (secondary N) is 1. The van der Waals surface area contributed by atoms with Crippen LogP contribution in [0.1, 0.15) is 11.4 Å². The second-order valence-corrected chi connectivity index (χ2v) is 3.38. The zero-order valence-electron chi connectivity index (χ0n) is 5.46. The Morgan fingerprint density at radius 1 is 1.64 bits per heavy atom. The van der Waals surface area contributed by atoms with Crippen LogP contribution in [0.15, 0.2) is 0 Å². The first kappa shape index (κ1) is 8.93. The maximum absolute atomic E-state index is 12.5. The second-order valence-electron chi connectivity index (χ2n) is 2.01. The SMILES string of the molecule is Cc1[nH]nc(C(F)(F)Br)c1Cl. The summed E-state index contributed by atoms with van der Waals surface area (Å²) in [5.41, 5.74) is -0.0440. The molecule has 0 spiro atoms. The van der Waals surface area contributed by atoms with Crippen LogP contribution in [0.5, 0.6) is 0 Å². The highest BCUT2D eigenvalue weighted by atomic mass is 79.9. The highest BCUT2D eigenvalue weighted by Gasteiger charge is 2.33. The van der Waals surface area contributed by atoms with E-state index in [0.29, 0.717) is 5.69 Å². The number of H-pyrrole nitrogens is 1. The third-order valence-electron chi connectivity index (χ3n) is 1.14. The summed E-state index contributed by atoms with van der Waals surface area (Å²) in [6.07, 6.45) is 0. The fourth-order valence-electron chi connectivity index (χ4n) is 0.603. The molecule has 0 unspecified atom stereocenters. The van der Waals surface area contributed by atoms with Crippen LogP contribution >= 0.6 is 27.5 Å². The minimum Gasteiger partial charge on any atom is -0.281 e. The average molecular weight is 245 g/mol. The molecule has 0 amide bonds. The number of aromatic amines is 1. The summed E-state index contributed by atoms with van der Waals surface area (Å²) in [7, 11) is 0. The van der Waals surface area contributed by atoms with Crippen molar-refractivity contribution in [3.8, 4) is 0 Å². The third-order valence-corrected chi connectivity index (χ3v) is 1.98. The molecule has 0 aliphatic carbocycles. The quantitative estimate of drug-likeness (QED) is 0.757. The van der Waals surface area contributed by atoms with E-state index in [-0.39, 0.29) is 5.02 Å². The summed E-state index contributed by atoms with van der Waals surface area (Å²) in [4.78, 5) is -3.16. The van der Waals surface area contributed by atoms with Crippen molar-refractivity contribution in [2.24, 2.45) is 0 Å². The number of rotatable bonds is 1. The Bertz CT molecular complexity index is 268. The van der Waals surface area contributed by atoms with E-state index >= 15 is 0 Å². The summed E-state index contributed by atoms with van der Waals surface area (Å²) < 4.78 is 25.0. The molecule has 0 aliphatic heterocycles. The van der Waals surface area contributed by atoms with Crippen LogP contribution in [0.3, 0.4) is 0 Å². The van der Waals surface area contributed by atoms with Crippen molar-refractivity contribution >= 4 is 27.5 Å². The van der Waals surface area contributed by atoms with Gasteiger partial charge in [0.05, 0.1) is 10.7 Å². The average Bonchev–Trinajstić information content (AvgIpc) is 2.11. The predicted molar refractivity (Wildman–Crippen MR) is 41.2 cm³/mol. The van der Waals surface area contributed by atoms with Gasteiger partial charge in [-0.1, -0.05) is 11.6 Å². The number of halogens is 4. The van der Waals surface area contributed by atoms with Crippen LogP contribution in [0.25, 0.3) is 0 Å². The van der Waals surface area contributed by atoms with Crippen molar-refractivity contribution < 1.29 is 8.78 Å². The van der Waals surface area contributed by atoms with Crippen molar-refractivity contribution in [1.82, 2.24) is 10.2 Å². The molecule has 2 nitrogen and oxygen atoms in total. The minimum atomic E-state index is -3.16. The van der Waals surface area contributed by atoms with Gasteiger partial charge in [0.25, 0.3) is 0 Å². The molecule has 0 aliphatic rings. The van der Waals surface area contributed by atoms with Gasteiger partial charge in [-0.2, -0.15) is 13.9 Å². The number of nitrogens with zero attached hydrogens (tertiary/aromatic N) is 1. The Kier molecular flexibility index (Phi) is 2.20. The lowest BCUT2D eigenvalue weighted by atomic mass is 10.4. The maximum Gasteiger partial charge on any atom is 0.346 e. The van der Waals surface area contributed by atoms with Gasteiger partial charge in [-0.3, -0.25) is 5.10 Å². The van der Waals surface area contributed by atoms with Gasteiger partial charge in [0.2, 0.25) is 0 Å². The van der Waals surface area contributed by atoms with Gasteiger partial charge in [-0.25, -0.2) is 0 Å². The molecule has 1 N–H and O–H groups in total. The van der Waals surface area contributed by atoms with Gasteiger partial charge >= 0.3 is 4.83 Å². The molecule has 0 fully saturated rings. The molecule has 0 radical (unpaired) electrons. The fourth-order valence-corrected chi connectivity index (χ4v) is 1.21. The Balaban J connectivity index is 3.15. The standard InChI is InChI=1S/C5H4BrClF2N2/c1-2-3(7)4(11-10-2)5(6,8)9/h1H3,(H,10,11). The maximum atomic E-state index is 12.5. The first-order chi connectivity index (χ1) is 4.93. The molecule has 0 aromatic carbocycles. The smallest absolute Gasteiger partial charge is 0.281 e. The fraction of sp³-hybridized carbons (Fsp3) is 0.400. The van der Waals surface area contributed by atoms with Gasteiger partial charge in [0.1, 0.15) is 0 Å². The summed E-state index contributed by atoms with van der Waals surface area (Å²) in [5, 5.41) is 5.65. The van der Waals surface area contributed by atoms with E-state index in [4.69, 9.17) is 11.6 Å². The minimum absolute atomic E-state index is 0.0353. The molecule has 11 heavy (non-hydrogen) atoms. The van der Waals surface area contributed by atoms with Crippen LogP contribution in [0, 0.1) is 6.92 Å². The first-order valence-corrected chi connectivity index (χ1v) is 3.87. The molecule has 0 atom stereocenters. The third kappa shape index (κ3) is 1.70. The van der Waals surface area contributed by atoms with E-state index < -0.39 is 10.5 Å². The molecule has 1 aromatic heterocycles. The number of hydrogen-bond donors (Lipinski definition) is 1. The summed E-state index contributed by atoms with van der Waals surface area (Å²) >= 11 is 7.64. The van der Waals surface area contributed by atoms with Crippen molar-refractivity contribution in [3.63, 3.8) is 0 Å². The number of aryl methyl sites for hydroxylation is 1. The van der Waals surface area contributed by atoms with E-state index in [9.17, 15) is 8.78 Å². The molecule has 1 heterocycles. The highest BCUT2D eigenvalue weighted by molar-refractivity contribution is 9.09. The number of hydrogen-bond acceptors (Lipinski definition) is 1. The van der Waals surface area contributed by atoms with Gasteiger partial charge in [0.15, 0.2) is 5.69 Å². The van der Waals surface area contributed by atoms with E-state index in [0.717, 1.165) is 0 Å². The van der Waals surface area contributed by atoms with E-state index in [1.807, 2.05) is 0 Å². The van der Waals surface area contributed by atoms with Gasteiger partial charge in [0, 0.05) is 0 Å². The number of alkyl halides is 3. The molecule has 1 rings (SSSR count). The lowest BCUT2D eigenvalue weighted by Gasteiger charge is -2.03. The van der Waals surface area contributed by atoms with Crippen LogP contribution in [0.2, 0.25) is 5.02 Å². The Morgan fingerprint density at radius 2 is 2.18 bits per heavy atom. The van der Waals surface area contributed by atoms with E-state index in [1.54, 1.807) is 6.92 Å². The van der Waals surface area contributed by atoms with Gasteiger partial charge < -0.3 is 0 Å². The molecular weight excluding hydrogens is 241 g/mol. The Hall–Kier alpha value is -0.160. The van der Waals surface area contributed by atoms with Crippen molar-refractivity contribution in [2.75, 3.05) is 0 Å². The summed E-state index contributed by atoms with van der Waals surface area (Å²) in [6.45, 7) is 1.57. The van der Waals surface area contributed by atoms with Gasteiger partial charge in [-0.15, -0.1) is 0 Å². The van der Waals surface area contributed by atoms with E-state index in [2.05, 4.69) is 26.1 Å². The Labute approximate surface area is 75.1 Å². The van der Waals surface area contributed by atoms with Crippen molar-refractivity contribution in [1.29, 1.82) is 0 Å². The number of aromatic nitrogens is 2. The molecule has 6 heteroatoms. The zero-order valence-corrected chi connectivity index (χ0v) is 7.80. The topological polar surface area (TPSA) is 28.7 Å². The van der Waals surface area contributed by atoms with Gasteiger partial charge in [-0.05, 0) is 22.9 Å². The molecule has 0 saturated carbocycles. The summed E-state index contributed by atoms with van der Waals surface area (Å²) in [6, 6.07) is 0. The van der Waals surface area contributed by atoms with Crippen LogP contribution in [0.4, 0.5) is 8.78 Å². The predicted octanol–water partition coefficient (Wildman–Crippen LogP) is 2.82. The molecular formula is C5H4BrClF2N2. The molecule has 1 aromatic rings. The lowest BCUT2D eigenvalue weighted by molar-refractivity contribution is 0.109. The normalized spacial score (nSPS) is 12.1. The van der Waals surface area contributed by atoms with Crippen LogP contribution < -0.4 is 0 Å². The first-order valence-electron chi connectivity index (χ1n) is 2.70.